The van der Waals surface area contributed by atoms with Crippen LogP contribution in [-0.4, -0.2) is 10.9 Å². The molecule has 1 aliphatic rings. The second-order valence-electron chi connectivity index (χ2n) is 6.64. The summed E-state index contributed by atoms with van der Waals surface area (Å²) >= 11 is 0. The maximum Gasteiger partial charge on any atom is 0.220 e. The highest BCUT2D eigenvalue weighted by molar-refractivity contribution is 5.75. The standard InChI is InChI=1S/C16H24N2O/c1-16(2,3)8-7-15(19)18-11-12-9-13-5-4-6-14(13)17-10-12/h9-10H,4-8,11H2,1-3H3,(H,18,19). The van der Waals surface area contributed by atoms with Gasteiger partial charge in [-0.3, -0.25) is 9.78 Å². The van der Waals surface area contributed by atoms with Gasteiger partial charge in [0.2, 0.25) is 5.91 Å². The maximum atomic E-state index is 11.8. The molecule has 3 nitrogen and oxygen atoms in total. The third-order valence-corrected chi connectivity index (χ3v) is 3.57. The molecule has 1 heterocycles. The van der Waals surface area contributed by atoms with E-state index >= 15 is 0 Å². The third kappa shape index (κ3) is 4.34. The van der Waals surface area contributed by atoms with Crippen LogP contribution in [0, 0.1) is 5.41 Å². The Morgan fingerprint density at radius 2 is 2.16 bits per heavy atom. The van der Waals surface area contributed by atoms with E-state index in [4.69, 9.17) is 0 Å². The van der Waals surface area contributed by atoms with Crippen LogP contribution in [0.1, 0.15) is 56.9 Å². The van der Waals surface area contributed by atoms with Gasteiger partial charge in [-0.2, -0.15) is 0 Å². The highest BCUT2D eigenvalue weighted by atomic mass is 16.1. The summed E-state index contributed by atoms with van der Waals surface area (Å²) in [7, 11) is 0. The number of nitrogens with zero attached hydrogens (tertiary/aromatic N) is 1. The first-order valence-corrected chi connectivity index (χ1v) is 7.17. The normalized spacial score (nSPS) is 14.3. The van der Waals surface area contributed by atoms with Gasteiger partial charge in [0.05, 0.1) is 0 Å². The zero-order valence-corrected chi connectivity index (χ0v) is 12.3. The van der Waals surface area contributed by atoms with Gasteiger partial charge in [0.15, 0.2) is 0 Å². The Labute approximate surface area is 115 Å². The molecule has 104 valence electrons. The number of nitrogens with one attached hydrogen (secondary N) is 1. The van der Waals surface area contributed by atoms with Crippen LogP contribution in [0.3, 0.4) is 0 Å². The van der Waals surface area contributed by atoms with Crippen molar-refractivity contribution in [1.82, 2.24) is 10.3 Å². The molecule has 1 aromatic heterocycles. The van der Waals surface area contributed by atoms with Crippen molar-refractivity contribution < 1.29 is 4.79 Å². The number of amides is 1. The molecule has 1 N–H and O–H groups in total. The molecular formula is C16H24N2O. The maximum absolute atomic E-state index is 11.8. The number of hydrogen-bond donors (Lipinski definition) is 1. The van der Waals surface area contributed by atoms with E-state index in [1.807, 2.05) is 6.20 Å². The Morgan fingerprint density at radius 3 is 2.89 bits per heavy atom. The Morgan fingerprint density at radius 1 is 1.37 bits per heavy atom. The predicted octanol–water partition coefficient (Wildman–Crippen LogP) is 3.01. The molecule has 0 saturated heterocycles. The third-order valence-electron chi connectivity index (χ3n) is 3.57. The number of pyridine rings is 1. The van der Waals surface area contributed by atoms with Gasteiger partial charge in [-0.05, 0) is 42.2 Å². The van der Waals surface area contributed by atoms with Crippen LogP contribution < -0.4 is 5.32 Å². The average molecular weight is 260 g/mol. The Hall–Kier alpha value is -1.38. The van der Waals surface area contributed by atoms with Crippen molar-refractivity contribution in [3.05, 3.63) is 29.1 Å². The molecule has 0 radical (unpaired) electrons. The number of carbonyl (C=O) groups is 1. The molecule has 0 aromatic carbocycles. The summed E-state index contributed by atoms with van der Waals surface area (Å²) in [5.41, 5.74) is 3.93. The van der Waals surface area contributed by atoms with Crippen LogP contribution in [-0.2, 0) is 24.2 Å². The second-order valence-corrected chi connectivity index (χ2v) is 6.64. The first kappa shape index (κ1) is 14.0. The summed E-state index contributed by atoms with van der Waals surface area (Å²) in [6, 6.07) is 2.19. The second kappa shape index (κ2) is 5.72. The van der Waals surface area contributed by atoms with Gasteiger partial charge in [0.25, 0.3) is 0 Å². The first-order valence-electron chi connectivity index (χ1n) is 7.17. The number of rotatable bonds is 4. The van der Waals surface area contributed by atoms with Gasteiger partial charge >= 0.3 is 0 Å². The van der Waals surface area contributed by atoms with Gasteiger partial charge in [-0.15, -0.1) is 0 Å². The molecule has 0 aliphatic heterocycles. The van der Waals surface area contributed by atoms with E-state index in [9.17, 15) is 4.79 Å². The number of aromatic nitrogens is 1. The summed E-state index contributed by atoms with van der Waals surface area (Å²) in [6.45, 7) is 7.07. The van der Waals surface area contributed by atoms with Crippen LogP contribution >= 0.6 is 0 Å². The van der Waals surface area contributed by atoms with E-state index in [0.29, 0.717) is 13.0 Å². The van der Waals surface area contributed by atoms with Gasteiger partial charge in [0, 0.05) is 24.9 Å². The summed E-state index contributed by atoms with van der Waals surface area (Å²) in [5.74, 6) is 0.135. The quantitative estimate of drug-likeness (QED) is 0.904. The average Bonchev–Trinajstić information content (AvgIpc) is 2.80. The van der Waals surface area contributed by atoms with Crippen molar-refractivity contribution in [2.24, 2.45) is 5.41 Å². The minimum atomic E-state index is 0.135. The van der Waals surface area contributed by atoms with E-state index in [0.717, 1.165) is 24.8 Å². The minimum Gasteiger partial charge on any atom is -0.352 e. The van der Waals surface area contributed by atoms with Crippen LogP contribution in [0.15, 0.2) is 12.3 Å². The van der Waals surface area contributed by atoms with Crippen molar-refractivity contribution in [3.8, 4) is 0 Å². The fourth-order valence-corrected chi connectivity index (χ4v) is 2.35. The van der Waals surface area contributed by atoms with Gasteiger partial charge in [-0.1, -0.05) is 26.8 Å². The molecule has 1 aromatic rings. The van der Waals surface area contributed by atoms with Crippen molar-refractivity contribution in [1.29, 1.82) is 0 Å². The van der Waals surface area contributed by atoms with E-state index in [1.54, 1.807) is 0 Å². The molecule has 0 saturated carbocycles. The van der Waals surface area contributed by atoms with E-state index < -0.39 is 0 Å². The van der Waals surface area contributed by atoms with Crippen LogP contribution in [0.4, 0.5) is 0 Å². The lowest BCUT2D eigenvalue weighted by Crippen LogP contribution is -2.24. The number of hydrogen-bond acceptors (Lipinski definition) is 2. The molecule has 0 unspecified atom stereocenters. The number of fused-ring (bicyclic) bond motifs is 1. The fraction of sp³-hybridized carbons (Fsp3) is 0.625. The van der Waals surface area contributed by atoms with Crippen LogP contribution in [0.25, 0.3) is 0 Å². The SMILES string of the molecule is CC(C)(C)CCC(=O)NCc1cnc2c(c1)CCC2. The minimum absolute atomic E-state index is 0.135. The van der Waals surface area contributed by atoms with Crippen LogP contribution in [0.2, 0.25) is 0 Å². The van der Waals surface area contributed by atoms with Crippen molar-refractivity contribution in [2.75, 3.05) is 0 Å². The molecule has 0 atom stereocenters. The topological polar surface area (TPSA) is 42.0 Å². The lowest BCUT2D eigenvalue weighted by molar-refractivity contribution is -0.121. The zero-order valence-electron chi connectivity index (χ0n) is 12.3. The Kier molecular flexibility index (Phi) is 4.23. The zero-order chi connectivity index (χ0) is 13.9. The Balaban J connectivity index is 1.81. The van der Waals surface area contributed by atoms with E-state index in [-0.39, 0.29) is 11.3 Å². The summed E-state index contributed by atoms with van der Waals surface area (Å²) in [4.78, 5) is 16.2. The van der Waals surface area contributed by atoms with Gasteiger partial charge in [0.1, 0.15) is 0 Å². The molecule has 2 rings (SSSR count). The summed E-state index contributed by atoms with van der Waals surface area (Å²) < 4.78 is 0. The lowest BCUT2D eigenvalue weighted by atomic mass is 9.90. The smallest absolute Gasteiger partial charge is 0.220 e. The van der Waals surface area contributed by atoms with E-state index in [2.05, 4.69) is 37.1 Å². The highest BCUT2D eigenvalue weighted by Crippen LogP contribution is 2.21. The molecular weight excluding hydrogens is 236 g/mol. The number of aryl methyl sites for hydroxylation is 2. The summed E-state index contributed by atoms with van der Waals surface area (Å²) in [6.07, 6.45) is 6.86. The van der Waals surface area contributed by atoms with E-state index in [1.165, 1.54) is 17.7 Å². The van der Waals surface area contributed by atoms with Gasteiger partial charge in [-0.25, -0.2) is 0 Å². The van der Waals surface area contributed by atoms with Crippen LogP contribution in [0.5, 0.6) is 0 Å². The molecule has 19 heavy (non-hydrogen) atoms. The molecule has 0 bridgehead atoms. The van der Waals surface area contributed by atoms with Crippen molar-refractivity contribution in [2.45, 2.75) is 59.4 Å². The molecule has 1 amide bonds. The predicted molar refractivity (Wildman–Crippen MR) is 76.8 cm³/mol. The largest absolute Gasteiger partial charge is 0.352 e. The fourth-order valence-electron chi connectivity index (χ4n) is 2.35. The monoisotopic (exact) mass is 260 g/mol. The number of carbonyl (C=O) groups excluding carboxylic acids is 1. The lowest BCUT2D eigenvalue weighted by Gasteiger charge is -2.17. The molecule has 0 fully saturated rings. The molecule has 0 spiro atoms. The first-order chi connectivity index (χ1) is 8.94. The van der Waals surface area contributed by atoms with Crippen molar-refractivity contribution in [3.63, 3.8) is 0 Å². The molecule has 3 heteroatoms. The van der Waals surface area contributed by atoms with Crippen molar-refractivity contribution >= 4 is 5.91 Å². The Bertz CT molecular complexity index is 460. The summed E-state index contributed by atoms with van der Waals surface area (Å²) in [5, 5.41) is 2.98. The van der Waals surface area contributed by atoms with Gasteiger partial charge < -0.3 is 5.32 Å². The highest BCUT2D eigenvalue weighted by Gasteiger charge is 2.14. The molecule has 1 aliphatic carbocycles.